The lowest BCUT2D eigenvalue weighted by atomic mass is 9.96. The highest BCUT2D eigenvalue weighted by Crippen LogP contribution is 2.44. The van der Waals surface area contributed by atoms with E-state index in [-0.39, 0.29) is 25.5 Å². The largest absolute Gasteiger partial charge is 0.449 e. The molecule has 1 heterocycles. The van der Waals surface area contributed by atoms with Gasteiger partial charge in [0.2, 0.25) is 5.91 Å². The lowest BCUT2D eigenvalue weighted by Gasteiger charge is -2.37. The molecule has 3 N–H and O–H groups in total. The van der Waals surface area contributed by atoms with Crippen LogP contribution < -0.4 is 11.1 Å². The molecule has 4 aromatic rings. The minimum absolute atomic E-state index is 0.0190. The Morgan fingerprint density at radius 1 is 0.911 bits per heavy atom. The van der Waals surface area contributed by atoms with E-state index in [1.807, 2.05) is 48.5 Å². The maximum Gasteiger partial charge on any atom is 0.407 e. The number of rotatable bonds is 7. The molecule has 4 aromatic carbocycles. The van der Waals surface area contributed by atoms with Gasteiger partial charge in [-0.15, -0.1) is 0 Å². The number of carbonyl (C=O) groups is 2. The molecule has 1 aliphatic heterocycles. The number of alkyl carbamates (subject to hydrolysis) is 1. The molecule has 1 aliphatic carbocycles. The van der Waals surface area contributed by atoms with Crippen molar-refractivity contribution in [2.24, 2.45) is 5.73 Å². The highest BCUT2D eigenvalue weighted by Gasteiger charge is 2.46. The number of nitrogens with zero attached hydrogens (tertiary/aromatic N) is 1. The number of nitrogens with two attached hydrogens (primary N) is 1. The minimum Gasteiger partial charge on any atom is -0.449 e. The second kappa shape index (κ2) is 12.6. The summed E-state index contributed by atoms with van der Waals surface area (Å²) in [5.41, 5.74) is 11.1. The number of piperidine rings is 1. The predicted molar refractivity (Wildman–Crippen MR) is 167 cm³/mol. The zero-order valence-electron chi connectivity index (χ0n) is 24.1. The molecular formula is C35H31ClF3N3O3. The fraction of sp³-hybridized carbons (Fsp3) is 0.257. The summed E-state index contributed by atoms with van der Waals surface area (Å²) in [5.74, 6) is -4.91. The summed E-state index contributed by atoms with van der Waals surface area (Å²) in [6.07, 6.45) is -2.46. The zero-order valence-corrected chi connectivity index (χ0v) is 24.9. The van der Waals surface area contributed by atoms with Crippen molar-refractivity contribution in [3.05, 3.63) is 119 Å². The fourth-order valence-corrected chi connectivity index (χ4v) is 6.24. The number of hydrogen-bond donors (Lipinski definition) is 2. The number of carbonyl (C=O) groups excluding carboxylic acids is 2. The average Bonchev–Trinajstić information content (AvgIpc) is 3.38. The average molecular weight is 634 g/mol. The summed E-state index contributed by atoms with van der Waals surface area (Å²) >= 11 is 5.92. The van der Waals surface area contributed by atoms with Gasteiger partial charge in [-0.05, 0) is 51.9 Å². The monoisotopic (exact) mass is 633 g/mol. The van der Waals surface area contributed by atoms with E-state index in [1.54, 1.807) is 24.3 Å². The molecule has 6 rings (SSSR count). The van der Waals surface area contributed by atoms with Crippen LogP contribution in [0, 0.1) is 0 Å². The molecule has 232 valence electrons. The number of benzene rings is 4. The summed E-state index contributed by atoms with van der Waals surface area (Å²) < 4.78 is 51.3. The number of alkyl halides is 3. The summed E-state index contributed by atoms with van der Waals surface area (Å²) in [6, 6.07) is 25.1. The van der Waals surface area contributed by atoms with Gasteiger partial charge in [-0.3, -0.25) is 4.79 Å². The summed E-state index contributed by atoms with van der Waals surface area (Å²) in [5, 5.41) is 3.10. The summed E-state index contributed by atoms with van der Waals surface area (Å²) in [7, 11) is 0. The van der Waals surface area contributed by atoms with Gasteiger partial charge in [0.1, 0.15) is 12.8 Å². The van der Waals surface area contributed by atoms with Crippen LogP contribution in [0.1, 0.15) is 29.0 Å². The number of amides is 2. The van der Waals surface area contributed by atoms with Crippen molar-refractivity contribution in [2.45, 2.75) is 36.5 Å². The second-order valence-electron chi connectivity index (χ2n) is 11.4. The van der Waals surface area contributed by atoms with E-state index in [2.05, 4.69) is 5.32 Å². The van der Waals surface area contributed by atoms with Crippen LogP contribution in [0.4, 0.5) is 18.0 Å². The van der Waals surface area contributed by atoms with Crippen molar-refractivity contribution in [3.63, 3.8) is 0 Å². The van der Waals surface area contributed by atoms with E-state index in [9.17, 15) is 9.59 Å². The van der Waals surface area contributed by atoms with Crippen LogP contribution in [0.2, 0.25) is 5.02 Å². The Morgan fingerprint density at radius 3 is 2.04 bits per heavy atom. The van der Waals surface area contributed by atoms with Gasteiger partial charge in [-0.1, -0.05) is 96.5 Å². The van der Waals surface area contributed by atoms with Crippen LogP contribution in [0.25, 0.3) is 22.3 Å². The number of halogens is 4. The zero-order chi connectivity index (χ0) is 31.7. The third kappa shape index (κ3) is 6.15. The summed E-state index contributed by atoms with van der Waals surface area (Å²) in [4.78, 5) is 26.7. The van der Waals surface area contributed by atoms with Crippen molar-refractivity contribution >= 4 is 23.6 Å². The number of nitrogens with one attached hydrogen (secondary N) is 1. The van der Waals surface area contributed by atoms with E-state index in [1.165, 1.54) is 24.3 Å². The maximum absolute atomic E-state index is 15.3. The quantitative estimate of drug-likeness (QED) is 0.232. The smallest absolute Gasteiger partial charge is 0.407 e. The Morgan fingerprint density at radius 2 is 1.47 bits per heavy atom. The Balaban J connectivity index is 1.03. The van der Waals surface area contributed by atoms with Gasteiger partial charge in [-0.2, -0.15) is 8.78 Å². The van der Waals surface area contributed by atoms with Gasteiger partial charge < -0.3 is 20.7 Å². The Hall–Kier alpha value is -4.34. The Kier molecular flexibility index (Phi) is 8.57. The van der Waals surface area contributed by atoms with Crippen LogP contribution >= 0.6 is 11.6 Å². The molecule has 0 bridgehead atoms. The molecule has 3 atom stereocenters. The molecule has 0 saturated carbocycles. The normalized spacial score (nSPS) is 18.6. The third-order valence-electron chi connectivity index (χ3n) is 8.60. The van der Waals surface area contributed by atoms with Crippen LogP contribution in [-0.2, 0) is 15.5 Å². The lowest BCUT2D eigenvalue weighted by molar-refractivity contribution is -0.145. The van der Waals surface area contributed by atoms with E-state index < -0.39 is 48.3 Å². The van der Waals surface area contributed by atoms with Gasteiger partial charge in [-0.25, -0.2) is 9.18 Å². The van der Waals surface area contributed by atoms with Crippen LogP contribution in [-0.4, -0.2) is 54.9 Å². The van der Waals surface area contributed by atoms with Gasteiger partial charge in [0.15, 0.2) is 6.04 Å². The highest BCUT2D eigenvalue weighted by atomic mass is 35.5. The predicted octanol–water partition coefficient (Wildman–Crippen LogP) is 6.90. The number of fused-ring (bicyclic) bond motifs is 3. The van der Waals surface area contributed by atoms with Crippen molar-refractivity contribution in [1.29, 1.82) is 0 Å². The highest BCUT2D eigenvalue weighted by molar-refractivity contribution is 6.30. The molecular weight excluding hydrogens is 603 g/mol. The van der Waals surface area contributed by atoms with E-state index in [0.717, 1.165) is 32.7 Å². The fourth-order valence-electron chi connectivity index (χ4n) is 6.12. The molecule has 6 nitrogen and oxygen atoms in total. The Bertz CT molecular complexity index is 1660. The van der Waals surface area contributed by atoms with Crippen molar-refractivity contribution < 1.29 is 27.5 Å². The van der Waals surface area contributed by atoms with E-state index in [0.29, 0.717) is 10.6 Å². The number of hydrogen-bond acceptors (Lipinski definition) is 4. The molecule has 2 aliphatic rings. The molecule has 1 fully saturated rings. The van der Waals surface area contributed by atoms with Gasteiger partial charge in [0.05, 0.1) is 12.6 Å². The topological polar surface area (TPSA) is 84.7 Å². The third-order valence-corrected chi connectivity index (χ3v) is 8.86. The number of likely N-dealkylation sites (tertiary alicyclic amines) is 1. The first-order chi connectivity index (χ1) is 21.6. The first-order valence-electron chi connectivity index (χ1n) is 14.7. The van der Waals surface area contributed by atoms with Crippen LogP contribution in [0.15, 0.2) is 97.1 Å². The standard InChI is InChI=1S/C35H31ClF3N3O3/c36-24-15-11-22(12-16-24)21-9-13-23(14-10-21)35(38,39)32(40)33(43)42-18-17-31(30(37)19-42)41-34(44)45-20-29-27-7-3-1-5-25(27)26-6-2-4-8-28(26)29/h1-16,29-32H,17-20,40H2,(H,41,44). The number of ether oxygens (including phenoxy) is 1. The molecule has 0 spiro atoms. The summed E-state index contributed by atoms with van der Waals surface area (Å²) in [6.45, 7) is -0.460. The Labute approximate surface area is 263 Å². The van der Waals surface area contributed by atoms with Crippen molar-refractivity contribution in [2.75, 3.05) is 19.7 Å². The second-order valence-corrected chi connectivity index (χ2v) is 11.8. The van der Waals surface area contributed by atoms with E-state index >= 15 is 13.2 Å². The molecule has 10 heteroatoms. The van der Waals surface area contributed by atoms with Crippen molar-refractivity contribution in [1.82, 2.24) is 10.2 Å². The van der Waals surface area contributed by atoms with Gasteiger partial charge in [0, 0.05) is 23.0 Å². The molecule has 3 unspecified atom stereocenters. The lowest BCUT2D eigenvalue weighted by Crippen LogP contribution is -2.59. The molecule has 2 amide bonds. The first-order valence-corrected chi connectivity index (χ1v) is 15.1. The van der Waals surface area contributed by atoms with E-state index in [4.69, 9.17) is 22.1 Å². The molecule has 1 saturated heterocycles. The minimum atomic E-state index is -3.70. The molecule has 0 aromatic heterocycles. The molecule has 45 heavy (non-hydrogen) atoms. The van der Waals surface area contributed by atoms with Crippen LogP contribution in [0.5, 0.6) is 0 Å². The SMILES string of the molecule is NC(C(=O)N1CCC(NC(=O)OCC2c3ccccc3-c3ccccc32)C(F)C1)C(F)(F)c1ccc(-c2ccc(Cl)cc2)cc1. The first kappa shape index (κ1) is 30.7. The van der Waals surface area contributed by atoms with Gasteiger partial charge in [0.25, 0.3) is 5.92 Å². The van der Waals surface area contributed by atoms with Crippen molar-refractivity contribution in [3.8, 4) is 22.3 Å². The maximum atomic E-state index is 15.3. The molecule has 0 radical (unpaired) electrons. The van der Waals surface area contributed by atoms with Crippen LogP contribution in [0.3, 0.4) is 0 Å². The van der Waals surface area contributed by atoms with Gasteiger partial charge >= 0.3 is 6.09 Å².